The smallest absolute Gasteiger partial charge is 0.252 e. The molecule has 1 aromatic heterocycles. The lowest BCUT2D eigenvalue weighted by atomic mass is 10.0. The first kappa shape index (κ1) is 15.9. The van der Waals surface area contributed by atoms with Gasteiger partial charge in [-0.3, -0.25) is 9.48 Å². The molecule has 2 aromatic rings. The van der Waals surface area contributed by atoms with Crippen molar-refractivity contribution < 1.29 is 15.0 Å². The Kier molecular flexibility index (Phi) is 4.40. The minimum absolute atomic E-state index is 0.146. The van der Waals surface area contributed by atoms with Crippen LogP contribution in [0.1, 0.15) is 46.7 Å². The molecule has 0 bridgehead atoms. The van der Waals surface area contributed by atoms with Crippen molar-refractivity contribution in [3.63, 3.8) is 0 Å². The van der Waals surface area contributed by atoms with Gasteiger partial charge in [0.05, 0.1) is 11.7 Å². The van der Waals surface area contributed by atoms with Crippen LogP contribution in [0.4, 0.5) is 0 Å². The molecule has 6 nitrogen and oxygen atoms in total. The topological polar surface area (TPSA) is 87.4 Å². The minimum Gasteiger partial charge on any atom is -0.508 e. The predicted molar refractivity (Wildman–Crippen MR) is 83.0 cm³/mol. The molecule has 0 spiro atoms. The van der Waals surface area contributed by atoms with Gasteiger partial charge in [0.1, 0.15) is 11.5 Å². The highest BCUT2D eigenvalue weighted by Gasteiger charge is 2.21. The summed E-state index contributed by atoms with van der Waals surface area (Å²) in [7, 11) is 1.87. The van der Waals surface area contributed by atoms with E-state index in [0.29, 0.717) is 6.42 Å². The summed E-state index contributed by atoms with van der Waals surface area (Å²) in [6.07, 6.45) is 0.712. The number of aromatic nitrogens is 2. The summed E-state index contributed by atoms with van der Waals surface area (Å²) in [5.41, 5.74) is 3.10. The number of rotatable bonds is 4. The quantitative estimate of drug-likeness (QED) is 0.809. The van der Waals surface area contributed by atoms with Gasteiger partial charge in [0.2, 0.25) is 0 Å². The number of benzene rings is 1. The van der Waals surface area contributed by atoms with E-state index in [9.17, 15) is 15.0 Å². The van der Waals surface area contributed by atoms with E-state index in [-0.39, 0.29) is 29.0 Å². The third-order valence-corrected chi connectivity index (χ3v) is 3.79. The SMILES string of the molecule is CCC(NC(=O)c1cc(O)cc(O)c1)c1c(C)nn(C)c1C. The summed E-state index contributed by atoms with van der Waals surface area (Å²) < 4.78 is 1.79. The van der Waals surface area contributed by atoms with E-state index >= 15 is 0 Å². The maximum absolute atomic E-state index is 12.4. The Balaban J connectivity index is 2.28. The highest BCUT2D eigenvalue weighted by atomic mass is 16.3. The molecule has 0 saturated carbocycles. The number of hydrogen-bond acceptors (Lipinski definition) is 4. The average molecular weight is 303 g/mol. The largest absolute Gasteiger partial charge is 0.508 e. The fraction of sp³-hybridized carbons (Fsp3) is 0.375. The summed E-state index contributed by atoms with van der Waals surface area (Å²) in [6.45, 7) is 5.86. The second kappa shape index (κ2) is 6.09. The number of aromatic hydroxyl groups is 2. The lowest BCUT2D eigenvalue weighted by Gasteiger charge is -2.18. The third kappa shape index (κ3) is 3.05. The zero-order valence-electron chi connectivity index (χ0n) is 13.2. The molecule has 1 aromatic carbocycles. The second-order valence-corrected chi connectivity index (χ2v) is 5.38. The van der Waals surface area contributed by atoms with Gasteiger partial charge in [0.25, 0.3) is 5.91 Å². The molecule has 0 aliphatic rings. The van der Waals surface area contributed by atoms with E-state index in [1.54, 1.807) is 4.68 Å². The molecule has 0 fully saturated rings. The fourth-order valence-corrected chi connectivity index (χ4v) is 2.64. The Bertz CT molecular complexity index is 687. The van der Waals surface area contributed by atoms with Gasteiger partial charge in [-0.05, 0) is 32.4 Å². The van der Waals surface area contributed by atoms with Crippen molar-refractivity contribution in [3.05, 3.63) is 40.7 Å². The Morgan fingerprint density at radius 3 is 2.32 bits per heavy atom. The Morgan fingerprint density at radius 2 is 1.86 bits per heavy atom. The molecular formula is C16H21N3O3. The van der Waals surface area contributed by atoms with Gasteiger partial charge in [-0.25, -0.2) is 0 Å². The van der Waals surface area contributed by atoms with Crippen LogP contribution < -0.4 is 5.32 Å². The highest BCUT2D eigenvalue weighted by molar-refractivity contribution is 5.95. The van der Waals surface area contributed by atoms with Crippen LogP contribution in [0.2, 0.25) is 0 Å². The van der Waals surface area contributed by atoms with Crippen LogP contribution in [0.5, 0.6) is 11.5 Å². The molecule has 0 aliphatic carbocycles. The number of phenols is 2. The molecule has 1 unspecified atom stereocenters. The van der Waals surface area contributed by atoms with E-state index in [1.807, 2.05) is 27.8 Å². The predicted octanol–water partition coefficient (Wildman–Crippen LogP) is 2.33. The van der Waals surface area contributed by atoms with Gasteiger partial charge in [0.15, 0.2) is 0 Å². The van der Waals surface area contributed by atoms with E-state index in [0.717, 1.165) is 17.0 Å². The van der Waals surface area contributed by atoms with Crippen LogP contribution >= 0.6 is 0 Å². The number of carbonyl (C=O) groups excluding carboxylic acids is 1. The molecule has 3 N–H and O–H groups in total. The summed E-state index contributed by atoms with van der Waals surface area (Å²) >= 11 is 0. The molecule has 22 heavy (non-hydrogen) atoms. The number of nitrogens with one attached hydrogen (secondary N) is 1. The lowest BCUT2D eigenvalue weighted by Crippen LogP contribution is -2.28. The summed E-state index contributed by atoms with van der Waals surface area (Å²) in [6, 6.07) is 3.66. The van der Waals surface area contributed by atoms with Gasteiger partial charge >= 0.3 is 0 Å². The van der Waals surface area contributed by atoms with E-state index in [2.05, 4.69) is 10.4 Å². The molecule has 1 amide bonds. The van der Waals surface area contributed by atoms with Crippen LogP contribution in [0.15, 0.2) is 18.2 Å². The van der Waals surface area contributed by atoms with Crippen molar-refractivity contribution in [2.45, 2.75) is 33.2 Å². The molecule has 1 heterocycles. The first-order valence-corrected chi connectivity index (χ1v) is 7.17. The fourth-order valence-electron chi connectivity index (χ4n) is 2.64. The summed E-state index contributed by atoms with van der Waals surface area (Å²) in [5, 5.41) is 26.3. The molecular weight excluding hydrogens is 282 g/mol. The second-order valence-electron chi connectivity index (χ2n) is 5.38. The van der Waals surface area contributed by atoms with Crippen molar-refractivity contribution in [1.29, 1.82) is 0 Å². The van der Waals surface area contributed by atoms with Crippen molar-refractivity contribution in [2.75, 3.05) is 0 Å². The van der Waals surface area contributed by atoms with Crippen LogP contribution in [-0.2, 0) is 7.05 Å². The van der Waals surface area contributed by atoms with Gasteiger partial charge < -0.3 is 15.5 Å². The van der Waals surface area contributed by atoms with Gasteiger partial charge in [0, 0.05) is 29.9 Å². The van der Waals surface area contributed by atoms with Crippen molar-refractivity contribution in [2.24, 2.45) is 7.05 Å². The molecule has 1 atom stereocenters. The van der Waals surface area contributed by atoms with E-state index in [1.165, 1.54) is 18.2 Å². The van der Waals surface area contributed by atoms with Gasteiger partial charge in [-0.1, -0.05) is 6.92 Å². The number of amides is 1. The Hall–Kier alpha value is -2.50. The average Bonchev–Trinajstić information content (AvgIpc) is 2.68. The Morgan fingerprint density at radius 1 is 1.27 bits per heavy atom. The maximum atomic E-state index is 12.4. The number of hydrogen-bond donors (Lipinski definition) is 3. The first-order chi connectivity index (χ1) is 10.3. The zero-order chi connectivity index (χ0) is 16.4. The monoisotopic (exact) mass is 303 g/mol. The van der Waals surface area contributed by atoms with Crippen molar-refractivity contribution in [1.82, 2.24) is 15.1 Å². The molecule has 0 saturated heterocycles. The van der Waals surface area contributed by atoms with E-state index < -0.39 is 0 Å². The van der Waals surface area contributed by atoms with Crippen molar-refractivity contribution in [3.8, 4) is 11.5 Å². The van der Waals surface area contributed by atoms with E-state index in [4.69, 9.17) is 0 Å². The highest BCUT2D eigenvalue weighted by Crippen LogP contribution is 2.25. The normalized spacial score (nSPS) is 12.2. The summed E-state index contributed by atoms with van der Waals surface area (Å²) in [5.74, 6) is -0.639. The standard InChI is InChI=1S/C16H21N3O3/c1-5-14(15-9(2)18-19(4)10(15)3)17-16(22)11-6-12(20)8-13(21)7-11/h6-8,14,20-21H,5H2,1-4H3,(H,17,22). The molecule has 118 valence electrons. The molecule has 2 rings (SSSR count). The number of phenolic OH excluding ortho intramolecular Hbond substituents is 2. The van der Waals surface area contributed by atoms with Crippen LogP contribution in [0.3, 0.4) is 0 Å². The number of aryl methyl sites for hydroxylation is 2. The maximum Gasteiger partial charge on any atom is 0.252 e. The molecule has 0 aliphatic heterocycles. The molecule has 0 radical (unpaired) electrons. The minimum atomic E-state index is -0.347. The molecule has 6 heteroatoms. The van der Waals surface area contributed by atoms with Gasteiger partial charge in [-0.15, -0.1) is 0 Å². The first-order valence-electron chi connectivity index (χ1n) is 7.17. The third-order valence-electron chi connectivity index (χ3n) is 3.79. The van der Waals surface area contributed by atoms with Gasteiger partial charge in [-0.2, -0.15) is 5.10 Å². The Labute approximate surface area is 129 Å². The van der Waals surface area contributed by atoms with Crippen LogP contribution in [-0.4, -0.2) is 25.9 Å². The van der Waals surface area contributed by atoms with Crippen LogP contribution in [0, 0.1) is 13.8 Å². The number of carbonyl (C=O) groups is 1. The summed E-state index contributed by atoms with van der Waals surface area (Å²) in [4.78, 5) is 12.4. The van der Waals surface area contributed by atoms with Crippen LogP contribution in [0.25, 0.3) is 0 Å². The number of nitrogens with zero attached hydrogens (tertiary/aromatic N) is 2. The van der Waals surface area contributed by atoms with Crippen molar-refractivity contribution >= 4 is 5.91 Å². The lowest BCUT2D eigenvalue weighted by molar-refractivity contribution is 0.0934. The zero-order valence-corrected chi connectivity index (χ0v) is 13.2.